The summed E-state index contributed by atoms with van der Waals surface area (Å²) in [5.41, 5.74) is 7.50. The molecule has 0 atom stereocenters. The van der Waals surface area contributed by atoms with Crippen LogP contribution in [0.2, 0.25) is 5.02 Å². The van der Waals surface area contributed by atoms with E-state index in [1.807, 2.05) is 36.4 Å². The van der Waals surface area contributed by atoms with E-state index < -0.39 is 0 Å². The molecular weight excluding hydrogens is 274 g/mol. The van der Waals surface area contributed by atoms with Gasteiger partial charge in [-0.2, -0.15) is 0 Å². The van der Waals surface area contributed by atoms with Crippen molar-refractivity contribution >= 4 is 17.3 Å². The fourth-order valence-corrected chi connectivity index (χ4v) is 1.95. The second-order valence-electron chi connectivity index (χ2n) is 4.47. The maximum Gasteiger partial charge on any atom is 0.145 e. The van der Waals surface area contributed by atoms with Crippen molar-refractivity contribution in [3.63, 3.8) is 0 Å². The fourth-order valence-electron chi connectivity index (χ4n) is 1.73. The van der Waals surface area contributed by atoms with Crippen LogP contribution in [0.3, 0.4) is 0 Å². The van der Waals surface area contributed by atoms with Crippen LogP contribution in [0.5, 0.6) is 11.5 Å². The Morgan fingerprint density at radius 2 is 1.95 bits per heavy atom. The molecule has 0 radical (unpaired) electrons. The summed E-state index contributed by atoms with van der Waals surface area (Å²) >= 11 is 5.94. The molecule has 0 aliphatic heterocycles. The Morgan fingerprint density at radius 1 is 1.10 bits per heavy atom. The zero-order chi connectivity index (χ0) is 14.4. The molecule has 2 N–H and O–H groups in total. The third-order valence-electron chi connectivity index (χ3n) is 2.74. The molecule has 3 nitrogen and oxygen atoms in total. The van der Waals surface area contributed by atoms with Crippen molar-refractivity contribution in [1.82, 2.24) is 0 Å². The van der Waals surface area contributed by atoms with E-state index in [-0.39, 0.29) is 0 Å². The molecule has 0 bridgehead atoms. The van der Waals surface area contributed by atoms with E-state index in [4.69, 9.17) is 26.8 Å². The van der Waals surface area contributed by atoms with E-state index in [1.54, 1.807) is 6.07 Å². The predicted molar refractivity (Wildman–Crippen MR) is 82.4 cm³/mol. The third kappa shape index (κ3) is 4.07. The van der Waals surface area contributed by atoms with Crippen LogP contribution >= 0.6 is 11.6 Å². The minimum atomic E-state index is 0.456. The molecule has 0 amide bonds. The minimum absolute atomic E-state index is 0.456. The SMILES string of the molecule is CCCOc1cc(OCc2cccc(Cl)c2)ccc1N. The Hall–Kier alpha value is -1.87. The number of anilines is 1. The normalized spacial score (nSPS) is 10.3. The van der Waals surface area contributed by atoms with Crippen LogP contribution in [-0.2, 0) is 6.61 Å². The quantitative estimate of drug-likeness (QED) is 0.808. The largest absolute Gasteiger partial charge is 0.491 e. The predicted octanol–water partition coefficient (Wildman–Crippen LogP) is 4.29. The van der Waals surface area contributed by atoms with Crippen molar-refractivity contribution in [1.29, 1.82) is 0 Å². The molecule has 2 rings (SSSR count). The van der Waals surface area contributed by atoms with Gasteiger partial charge >= 0.3 is 0 Å². The summed E-state index contributed by atoms with van der Waals surface area (Å²) < 4.78 is 11.3. The van der Waals surface area contributed by atoms with Crippen LogP contribution in [0.1, 0.15) is 18.9 Å². The highest BCUT2D eigenvalue weighted by molar-refractivity contribution is 6.30. The lowest BCUT2D eigenvalue weighted by atomic mass is 10.2. The molecule has 0 aromatic heterocycles. The Balaban J connectivity index is 2.02. The van der Waals surface area contributed by atoms with Crippen LogP contribution < -0.4 is 15.2 Å². The molecule has 0 spiro atoms. The van der Waals surface area contributed by atoms with Crippen molar-refractivity contribution in [2.45, 2.75) is 20.0 Å². The van der Waals surface area contributed by atoms with E-state index in [1.165, 1.54) is 0 Å². The highest BCUT2D eigenvalue weighted by Gasteiger charge is 2.04. The summed E-state index contributed by atoms with van der Waals surface area (Å²) in [7, 11) is 0. The number of halogens is 1. The van der Waals surface area contributed by atoms with Crippen molar-refractivity contribution in [2.75, 3.05) is 12.3 Å². The van der Waals surface area contributed by atoms with Crippen LogP contribution in [0.4, 0.5) is 5.69 Å². The van der Waals surface area contributed by atoms with Crippen LogP contribution in [0.15, 0.2) is 42.5 Å². The first-order chi connectivity index (χ1) is 9.69. The molecule has 2 aromatic rings. The molecule has 106 valence electrons. The second kappa shape index (κ2) is 7.06. The Morgan fingerprint density at radius 3 is 2.70 bits per heavy atom. The summed E-state index contributed by atoms with van der Waals surface area (Å²) in [4.78, 5) is 0. The number of hydrogen-bond acceptors (Lipinski definition) is 3. The lowest BCUT2D eigenvalue weighted by Gasteiger charge is -2.11. The van der Waals surface area contributed by atoms with E-state index >= 15 is 0 Å². The second-order valence-corrected chi connectivity index (χ2v) is 4.90. The van der Waals surface area contributed by atoms with Gasteiger partial charge in [0.1, 0.15) is 18.1 Å². The highest BCUT2D eigenvalue weighted by Crippen LogP contribution is 2.27. The molecule has 0 saturated heterocycles. The van der Waals surface area contributed by atoms with Gasteiger partial charge in [0, 0.05) is 11.1 Å². The zero-order valence-electron chi connectivity index (χ0n) is 11.4. The van der Waals surface area contributed by atoms with Gasteiger partial charge in [-0.25, -0.2) is 0 Å². The smallest absolute Gasteiger partial charge is 0.145 e. The topological polar surface area (TPSA) is 44.5 Å². The van der Waals surface area contributed by atoms with Gasteiger partial charge < -0.3 is 15.2 Å². The molecule has 0 unspecified atom stereocenters. The molecule has 0 aliphatic rings. The van der Waals surface area contributed by atoms with Gasteiger partial charge in [-0.3, -0.25) is 0 Å². The maximum atomic E-state index is 5.94. The zero-order valence-corrected chi connectivity index (χ0v) is 12.2. The third-order valence-corrected chi connectivity index (χ3v) is 2.98. The fraction of sp³-hybridized carbons (Fsp3) is 0.250. The van der Waals surface area contributed by atoms with Crippen LogP contribution in [0.25, 0.3) is 0 Å². The summed E-state index contributed by atoms with van der Waals surface area (Å²) in [5, 5.41) is 0.704. The van der Waals surface area contributed by atoms with Crippen LogP contribution in [-0.4, -0.2) is 6.61 Å². The molecule has 0 saturated carbocycles. The minimum Gasteiger partial charge on any atom is -0.491 e. The van der Waals surface area contributed by atoms with Gasteiger partial charge in [0.05, 0.1) is 12.3 Å². The molecule has 0 aliphatic carbocycles. The Kier molecular flexibility index (Phi) is 5.13. The first-order valence-corrected chi connectivity index (χ1v) is 6.96. The van der Waals surface area contributed by atoms with E-state index in [0.717, 1.165) is 17.7 Å². The first-order valence-electron chi connectivity index (χ1n) is 6.58. The number of benzene rings is 2. The van der Waals surface area contributed by atoms with E-state index in [9.17, 15) is 0 Å². The molecule has 4 heteroatoms. The number of nitrogens with two attached hydrogens (primary N) is 1. The summed E-state index contributed by atoms with van der Waals surface area (Å²) in [6.07, 6.45) is 0.938. The highest BCUT2D eigenvalue weighted by atomic mass is 35.5. The average molecular weight is 292 g/mol. The molecular formula is C16H18ClNO2. The van der Waals surface area contributed by atoms with Gasteiger partial charge in [-0.1, -0.05) is 30.7 Å². The molecule has 0 fully saturated rings. The Bertz CT molecular complexity index is 572. The van der Waals surface area contributed by atoms with Crippen molar-refractivity contribution < 1.29 is 9.47 Å². The molecule has 0 heterocycles. The monoisotopic (exact) mass is 291 g/mol. The van der Waals surface area contributed by atoms with Gasteiger partial charge in [0.25, 0.3) is 0 Å². The summed E-state index contributed by atoms with van der Waals surface area (Å²) in [6, 6.07) is 13.0. The van der Waals surface area contributed by atoms with Gasteiger partial charge in [0.2, 0.25) is 0 Å². The van der Waals surface area contributed by atoms with E-state index in [2.05, 4.69) is 6.92 Å². The van der Waals surface area contributed by atoms with E-state index in [0.29, 0.717) is 29.7 Å². The summed E-state index contributed by atoms with van der Waals surface area (Å²) in [6.45, 7) is 3.15. The lowest BCUT2D eigenvalue weighted by molar-refractivity contribution is 0.295. The number of rotatable bonds is 6. The maximum absolute atomic E-state index is 5.94. The van der Waals surface area contributed by atoms with Crippen molar-refractivity contribution in [3.05, 3.63) is 53.1 Å². The number of nitrogen functional groups attached to an aromatic ring is 1. The average Bonchev–Trinajstić information content (AvgIpc) is 2.45. The van der Waals surface area contributed by atoms with Crippen molar-refractivity contribution in [3.8, 4) is 11.5 Å². The molecule has 2 aromatic carbocycles. The number of hydrogen-bond donors (Lipinski definition) is 1. The molecule has 20 heavy (non-hydrogen) atoms. The number of ether oxygens (including phenoxy) is 2. The van der Waals surface area contributed by atoms with Gasteiger partial charge in [-0.15, -0.1) is 0 Å². The summed E-state index contributed by atoms with van der Waals surface area (Å²) in [5.74, 6) is 1.39. The van der Waals surface area contributed by atoms with Gasteiger partial charge in [-0.05, 0) is 36.2 Å². The lowest BCUT2D eigenvalue weighted by Crippen LogP contribution is -2.00. The van der Waals surface area contributed by atoms with Crippen molar-refractivity contribution in [2.24, 2.45) is 0 Å². The first kappa shape index (κ1) is 14.5. The Labute approximate surface area is 124 Å². The van der Waals surface area contributed by atoms with Gasteiger partial charge in [0.15, 0.2) is 0 Å². The standard InChI is InChI=1S/C16H18ClNO2/c1-2-8-19-16-10-14(6-7-15(16)18)20-11-12-4-3-5-13(17)9-12/h3-7,9-10H,2,8,11,18H2,1H3. The van der Waals surface area contributed by atoms with Crippen LogP contribution in [0, 0.1) is 0 Å².